The summed E-state index contributed by atoms with van der Waals surface area (Å²) < 4.78 is 12.4. The van der Waals surface area contributed by atoms with Crippen LogP contribution in [0.3, 0.4) is 0 Å². The molecule has 0 N–H and O–H groups in total. The maximum Gasteiger partial charge on any atom is 0.501 e. The summed E-state index contributed by atoms with van der Waals surface area (Å²) in [5.41, 5.74) is 0.930. The van der Waals surface area contributed by atoms with Gasteiger partial charge in [0, 0.05) is 4.80 Å². The molecule has 1 heterocycles. The second-order valence-corrected chi connectivity index (χ2v) is 7.93. The summed E-state index contributed by atoms with van der Waals surface area (Å²) in [6, 6.07) is 0. The number of hydrogen-bond donors (Lipinski definition) is 0. The standard InChI is InChI=1S/C16H27BO2S/c1-6-20-14(12-13-10-8-7-9-11-13)17-18-15(2,3)16(4,5)19-17/h10,12H,6-9,11H2,1-5H3/b14-12-. The summed E-state index contributed by atoms with van der Waals surface area (Å²) in [6.45, 7) is 10.6. The maximum absolute atomic E-state index is 6.18. The van der Waals surface area contributed by atoms with Crippen molar-refractivity contribution in [3.05, 3.63) is 22.5 Å². The van der Waals surface area contributed by atoms with Crippen molar-refractivity contribution in [3.63, 3.8) is 0 Å². The minimum absolute atomic E-state index is 0.215. The lowest BCUT2D eigenvalue weighted by Gasteiger charge is -2.32. The van der Waals surface area contributed by atoms with Crippen molar-refractivity contribution in [2.75, 3.05) is 5.75 Å². The van der Waals surface area contributed by atoms with Gasteiger partial charge in [0.15, 0.2) is 0 Å². The van der Waals surface area contributed by atoms with Gasteiger partial charge in [-0.1, -0.05) is 24.6 Å². The van der Waals surface area contributed by atoms with Crippen molar-refractivity contribution in [1.29, 1.82) is 0 Å². The smallest absolute Gasteiger partial charge is 0.399 e. The summed E-state index contributed by atoms with van der Waals surface area (Å²) in [5.74, 6) is 1.04. The van der Waals surface area contributed by atoms with E-state index in [1.807, 2.05) is 11.8 Å². The Morgan fingerprint density at radius 3 is 2.40 bits per heavy atom. The number of hydrogen-bond acceptors (Lipinski definition) is 3. The van der Waals surface area contributed by atoms with Crippen LogP contribution in [-0.2, 0) is 9.31 Å². The maximum atomic E-state index is 6.18. The van der Waals surface area contributed by atoms with Gasteiger partial charge in [0.2, 0.25) is 0 Å². The molecule has 0 radical (unpaired) electrons. The quantitative estimate of drug-likeness (QED) is 0.697. The van der Waals surface area contributed by atoms with Gasteiger partial charge in [-0.15, -0.1) is 11.8 Å². The van der Waals surface area contributed by atoms with Crippen LogP contribution >= 0.6 is 11.8 Å². The Balaban J connectivity index is 2.18. The minimum atomic E-state index is -0.258. The van der Waals surface area contributed by atoms with Crippen LogP contribution in [0.4, 0.5) is 0 Å². The zero-order valence-electron chi connectivity index (χ0n) is 13.5. The van der Waals surface area contributed by atoms with Crippen LogP contribution in [-0.4, -0.2) is 24.1 Å². The minimum Gasteiger partial charge on any atom is -0.399 e. The monoisotopic (exact) mass is 294 g/mol. The molecule has 0 aromatic carbocycles. The third-order valence-corrected chi connectivity index (χ3v) is 5.38. The zero-order chi connectivity index (χ0) is 14.8. The Labute approximate surface area is 128 Å². The lowest BCUT2D eigenvalue weighted by atomic mass is 9.86. The van der Waals surface area contributed by atoms with E-state index in [9.17, 15) is 0 Å². The molecule has 20 heavy (non-hydrogen) atoms. The van der Waals surface area contributed by atoms with Crippen molar-refractivity contribution < 1.29 is 9.31 Å². The first kappa shape index (κ1) is 16.2. The van der Waals surface area contributed by atoms with Crippen LogP contribution in [0.2, 0.25) is 0 Å². The average Bonchev–Trinajstić information content (AvgIpc) is 2.59. The van der Waals surface area contributed by atoms with E-state index in [-0.39, 0.29) is 18.3 Å². The van der Waals surface area contributed by atoms with E-state index in [4.69, 9.17) is 9.31 Å². The molecule has 0 bridgehead atoms. The Hall–Kier alpha value is -0.185. The van der Waals surface area contributed by atoms with Gasteiger partial charge in [-0.2, -0.15) is 0 Å². The number of rotatable bonds is 4. The van der Waals surface area contributed by atoms with E-state index in [1.165, 1.54) is 36.1 Å². The fourth-order valence-corrected chi connectivity index (χ4v) is 3.28. The molecule has 1 aliphatic carbocycles. The molecule has 0 spiro atoms. The first-order chi connectivity index (χ1) is 9.36. The predicted molar refractivity (Wildman–Crippen MR) is 88.8 cm³/mol. The molecule has 2 rings (SSSR count). The van der Waals surface area contributed by atoms with E-state index in [2.05, 4.69) is 46.8 Å². The highest BCUT2D eigenvalue weighted by Crippen LogP contribution is 2.41. The molecular formula is C16H27BO2S. The molecule has 0 aromatic heterocycles. The van der Waals surface area contributed by atoms with Crippen LogP contribution in [0, 0.1) is 0 Å². The largest absolute Gasteiger partial charge is 0.501 e. The molecule has 0 unspecified atom stereocenters. The highest BCUT2D eigenvalue weighted by Gasteiger charge is 2.52. The van der Waals surface area contributed by atoms with Gasteiger partial charge in [0.05, 0.1) is 11.2 Å². The molecular weight excluding hydrogens is 267 g/mol. The van der Waals surface area contributed by atoms with Crippen molar-refractivity contribution in [2.45, 2.75) is 71.5 Å². The van der Waals surface area contributed by atoms with Crippen LogP contribution in [0.15, 0.2) is 22.5 Å². The fourth-order valence-electron chi connectivity index (χ4n) is 2.48. The molecule has 1 fully saturated rings. The average molecular weight is 294 g/mol. The van der Waals surface area contributed by atoms with Crippen LogP contribution < -0.4 is 0 Å². The number of allylic oxidation sites excluding steroid dienone is 3. The molecule has 4 heteroatoms. The molecule has 2 aliphatic rings. The topological polar surface area (TPSA) is 18.5 Å². The van der Waals surface area contributed by atoms with Crippen molar-refractivity contribution in [1.82, 2.24) is 0 Å². The second kappa shape index (κ2) is 6.29. The van der Waals surface area contributed by atoms with Crippen molar-refractivity contribution >= 4 is 18.9 Å². The van der Waals surface area contributed by atoms with Gasteiger partial charge in [0.1, 0.15) is 0 Å². The van der Waals surface area contributed by atoms with Gasteiger partial charge < -0.3 is 9.31 Å². The normalized spacial score (nSPS) is 25.8. The molecule has 0 saturated carbocycles. The first-order valence-electron chi connectivity index (χ1n) is 7.75. The Kier molecular flexibility index (Phi) is 5.09. The Morgan fingerprint density at radius 2 is 1.90 bits per heavy atom. The summed E-state index contributed by atoms with van der Waals surface area (Å²) in [7, 11) is -0.215. The van der Waals surface area contributed by atoms with E-state index in [1.54, 1.807) is 0 Å². The fraction of sp³-hybridized carbons (Fsp3) is 0.750. The van der Waals surface area contributed by atoms with E-state index >= 15 is 0 Å². The zero-order valence-corrected chi connectivity index (χ0v) is 14.3. The van der Waals surface area contributed by atoms with Gasteiger partial charge >= 0.3 is 7.12 Å². The summed E-state index contributed by atoms with van der Waals surface area (Å²) in [5, 5.41) is 0. The van der Waals surface area contributed by atoms with Crippen LogP contribution in [0.25, 0.3) is 0 Å². The van der Waals surface area contributed by atoms with Gasteiger partial charge in [-0.25, -0.2) is 0 Å². The highest BCUT2D eigenvalue weighted by molar-refractivity contribution is 8.04. The summed E-state index contributed by atoms with van der Waals surface area (Å²) in [6.07, 6.45) is 9.69. The van der Waals surface area contributed by atoms with E-state index in [0.29, 0.717) is 0 Å². The lowest BCUT2D eigenvalue weighted by Crippen LogP contribution is -2.41. The Morgan fingerprint density at radius 1 is 1.25 bits per heavy atom. The summed E-state index contributed by atoms with van der Waals surface area (Å²) >= 11 is 1.84. The molecule has 0 atom stereocenters. The third kappa shape index (κ3) is 3.52. The predicted octanol–water partition coefficient (Wildman–Crippen LogP) is 4.76. The summed E-state index contributed by atoms with van der Waals surface area (Å²) in [4.78, 5) is 1.22. The number of thioether (sulfide) groups is 1. The molecule has 0 amide bonds. The van der Waals surface area contributed by atoms with Gasteiger partial charge in [-0.05, 0) is 59.1 Å². The van der Waals surface area contributed by atoms with Gasteiger partial charge in [-0.3, -0.25) is 0 Å². The molecule has 1 aliphatic heterocycles. The third-order valence-electron chi connectivity index (χ3n) is 4.45. The molecule has 0 aromatic rings. The Bertz CT molecular complexity index is 397. The van der Waals surface area contributed by atoms with E-state index < -0.39 is 0 Å². The molecule has 2 nitrogen and oxygen atoms in total. The van der Waals surface area contributed by atoms with Gasteiger partial charge in [0.25, 0.3) is 0 Å². The van der Waals surface area contributed by atoms with Crippen LogP contribution in [0.5, 0.6) is 0 Å². The molecule has 1 saturated heterocycles. The lowest BCUT2D eigenvalue weighted by molar-refractivity contribution is 0.00578. The van der Waals surface area contributed by atoms with Crippen molar-refractivity contribution in [2.24, 2.45) is 0 Å². The van der Waals surface area contributed by atoms with Crippen molar-refractivity contribution in [3.8, 4) is 0 Å². The highest BCUT2D eigenvalue weighted by atomic mass is 32.2. The van der Waals surface area contributed by atoms with E-state index in [0.717, 1.165) is 5.75 Å². The first-order valence-corrected chi connectivity index (χ1v) is 8.73. The second-order valence-electron chi connectivity index (χ2n) is 6.59. The SMILES string of the molecule is CCS/C(=C\C1=CCCCC1)B1OC(C)(C)C(C)(C)O1. The molecule has 112 valence electrons. The van der Waals surface area contributed by atoms with Crippen LogP contribution in [0.1, 0.15) is 60.3 Å².